The number of halogens is 3. The van der Waals surface area contributed by atoms with Crippen molar-refractivity contribution in [3.63, 3.8) is 0 Å². The third-order valence-corrected chi connectivity index (χ3v) is 4.44. The number of hydrogen-bond donors (Lipinski definition) is 1. The summed E-state index contributed by atoms with van der Waals surface area (Å²) in [5.41, 5.74) is 0.786. The number of nitrogens with zero attached hydrogens (tertiary/aromatic N) is 1. The Kier molecular flexibility index (Phi) is 4.00. The van der Waals surface area contributed by atoms with Gasteiger partial charge in [0.2, 0.25) is 5.78 Å². The molecule has 0 atom stereocenters. The summed E-state index contributed by atoms with van der Waals surface area (Å²) >= 11 is 18.2. The number of benzene rings is 1. The minimum Gasteiger partial charge on any atom is -0.299 e. The molecule has 20 heavy (non-hydrogen) atoms. The minimum absolute atomic E-state index is 0.0328. The first kappa shape index (κ1) is 15.2. The van der Waals surface area contributed by atoms with E-state index >= 15 is 0 Å². The van der Waals surface area contributed by atoms with Crippen LogP contribution in [-0.4, -0.2) is 15.6 Å². The highest BCUT2D eigenvalue weighted by Gasteiger charge is 2.24. The summed E-state index contributed by atoms with van der Waals surface area (Å²) in [7, 11) is 1.53. The Balaban J connectivity index is 2.69. The lowest BCUT2D eigenvalue weighted by atomic mass is 10.0. The van der Waals surface area contributed by atoms with Crippen molar-refractivity contribution < 1.29 is 4.79 Å². The van der Waals surface area contributed by atoms with Crippen LogP contribution in [0.25, 0.3) is 0 Å². The molecule has 2 aromatic rings. The molecule has 0 amide bonds. The fraction of sp³-hybridized carbons (Fsp3) is 0.231. The van der Waals surface area contributed by atoms with Crippen molar-refractivity contribution >= 4 is 40.6 Å². The SMILES string of the molecule is Cc1[nH]n(C)c(=O)c1C(=O)c1cc(Cl)c(C)c(Cl)c1Cl. The summed E-state index contributed by atoms with van der Waals surface area (Å²) in [5.74, 6) is -0.502. The molecule has 0 saturated carbocycles. The van der Waals surface area contributed by atoms with Crippen molar-refractivity contribution in [2.45, 2.75) is 13.8 Å². The van der Waals surface area contributed by atoms with E-state index in [-0.39, 0.29) is 21.2 Å². The van der Waals surface area contributed by atoms with Crippen molar-refractivity contribution in [1.82, 2.24) is 9.78 Å². The maximum Gasteiger partial charge on any atom is 0.277 e. The normalized spacial score (nSPS) is 10.9. The lowest BCUT2D eigenvalue weighted by Crippen LogP contribution is -2.20. The molecule has 0 radical (unpaired) electrons. The molecule has 0 aliphatic carbocycles. The number of aryl methyl sites for hydroxylation is 2. The van der Waals surface area contributed by atoms with Gasteiger partial charge in [-0.25, -0.2) is 0 Å². The average Bonchev–Trinajstić information content (AvgIpc) is 2.64. The zero-order chi connectivity index (χ0) is 15.2. The van der Waals surface area contributed by atoms with Gasteiger partial charge >= 0.3 is 0 Å². The number of aromatic nitrogens is 2. The first-order chi connectivity index (χ1) is 9.25. The molecule has 0 aliphatic rings. The third-order valence-electron chi connectivity index (χ3n) is 3.09. The van der Waals surface area contributed by atoms with Gasteiger partial charge in [0.25, 0.3) is 5.56 Å². The van der Waals surface area contributed by atoms with Crippen LogP contribution in [0.5, 0.6) is 0 Å². The van der Waals surface area contributed by atoms with E-state index in [0.717, 1.165) is 0 Å². The first-order valence-electron chi connectivity index (χ1n) is 5.70. The molecule has 0 aliphatic heterocycles. The van der Waals surface area contributed by atoms with E-state index in [1.807, 2.05) is 0 Å². The Labute approximate surface area is 130 Å². The van der Waals surface area contributed by atoms with E-state index in [2.05, 4.69) is 5.10 Å². The Morgan fingerprint density at radius 1 is 1.20 bits per heavy atom. The number of hydrogen-bond acceptors (Lipinski definition) is 2. The molecule has 106 valence electrons. The Hall–Kier alpha value is -1.23. The topological polar surface area (TPSA) is 54.9 Å². The van der Waals surface area contributed by atoms with E-state index in [1.165, 1.54) is 17.8 Å². The van der Waals surface area contributed by atoms with Crippen molar-refractivity contribution in [3.05, 3.63) is 53.9 Å². The number of carbonyl (C=O) groups excluding carboxylic acids is 1. The van der Waals surface area contributed by atoms with Crippen molar-refractivity contribution in [1.29, 1.82) is 0 Å². The maximum absolute atomic E-state index is 12.5. The van der Waals surface area contributed by atoms with Crippen LogP contribution in [0.4, 0.5) is 0 Å². The number of aromatic amines is 1. The van der Waals surface area contributed by atoms with Gasteiger partial charge < -0.3 is 0 Å². The van der Waals surface area contributed by atoms with E-state index in [9.17, 15) is 9.59 Å². The molecular weight excluding hydrogens is 323 g/mol. The zero-order valence-electron chi connectivity index (χ0n) is 11.0. The van der Waals surface area contributed by atoms with Crippen LogP contribution in [0.2, 0.25) is 15.1 Å². The molecule has 4 nitrogen and oxygen atoms in total. The molecule has 7 heteroatoms. The van der Waals surface area contributed by atoms with Crippen LogP contribution in [0.3, 0.4) is 0 Å². The summed E-state index contributed by atoms with van der Waals surface area (Å²) in [4.78, 5) is 24.5. The summed E-state index contributed by atoms with van der Waals surface area (Å²) in [6.45, 7) is 3.34. The Morgan fingerprint density at radius 2 is 1.80 bits per heavy atom. The Morgan fingerprint density at radius 3 is 2.30 bits per heavy atom. The van der Waals surface area contributed by atoms with Crippen molar-refractivity contribution in [2.75, 3.05) is 0 Å². The van der Waals surface area contributed by atoms with Gasteiger partial charge in [0.05, 0.1) is 10.0 Å². The predicted molar refractivity (Wildman–Crippen MR) is 80.4 cm³/mol. The van der Waals surface area contributed by atoms with E-state index in [4.69, 9.17) is 34.8 Å². The molecule has 0 spiro atoms. The van der Waals surface area contributed by atoms with Gasteiger partial charge in [-0.3, -0.25) is 19.4 Å². The molecule has 0 unspecified atom stereocenters. The standard InChI is InChI=1S/C13H11Cl3N2O2/c1-5-8(14)4-7(11(16)10(5)15)12(19)9-6(2)17-18(3)13(9)20/h4,17H,1-3H3. The molecule has 0 saturated heterocycles. The second-order valence-corrected chi connectivity index (χ2v) is 5.63. The fourth-order valence-corrected chi connectivity index (χ4v) is 2.68. The highest BCUT2D eigenvalue weighted by Crippen LogP contribution is 2.35. The highest BCUT2D eigenvalue weighted by molar-refractivity contribution is 6.46. The largest absolute Gasteiger partial charge is 0.299 e. The van der Waals surface area contributed by atoms with E-state index in [0.29, 0.717) is 16.3 Å². The van der Waals surface area contributed by atoms with Gasteiger partial charge in [0.15, 0.2) is 0 Å². The van der Waals surface area contributed by atoms with Crippen LogP contribution in [0, 0.1) is 13.8 Å². The summed E-state index contributed by atoms with van der Waals surface area (Å²) in [6.07, 6.45) is 0. The van der Waals surface area contributed by atoms with Gasteiger partial charge in [-0.1, -0.05) is 34.8 Å². The summed E-state index contributed by atoms with van der Waals surface area (Å²) in [6, 6.07) is 1.43. The quantitative estimate of drug-likeness (QED) is 0.675. The van der Waals surface area contributed by atoms with Crippen LogP contribution in [0.15, 0.2) is 10.9 Å². The number of rotatable bonds is 2. The van der Waals surface area contributed by atoms with Crippen LogP contribution < -0.4 is 5.56 Å². The van der Waals surface area contributed by atoms with Gasteiger partial charge in [-0.2, -0.15) is 0 Å². The average molecular weight is 334 g/mol. The lowest BCUT2D eigenvalue weighted by molar-refractivity contribution is 0.103. The number of ketones is 1. The van der Waals surface area contributed by atoms with Crippen molar-refractivity contribution in [2.24, 2.45) is 7.05 Å². The van der Waals surface area contributed by atoms with Crippen molar-refractivity contribution in [3.8, 4) is 0 Å². The number of nitrogens with one attached hydrogen (secondary N) is 1. The monoisotopic (exact) mass is 332 g/mol. The van der Waals surface area contributed by atoms with Gasteiger partial charge in [-0.15, -0.1) is 0 Å². The number of carbonyl (C=O) groups is 1. The number of H-pyrrole nitrogens is 1. The Bertz CT molecular complexity index is 775. The molecule has 1 aromatic carbocycles. The molecule has 1 N–H and O–H groups in total. The smallest absolute Gasteiger partial charge is 0.277 e. The summed E-state index contributed by atoms with van der Waals surface area (Å²) in [5, 5.41) is 3.40. The molecule has 1 aromatic heterocycles. The van der Waals surface area contributed by atoms with Gasteiger partial charge in [0.1, 0.15) is 5.56 Å². The third kappa shape index (κ3) is 2.28. The second kappa shape index (κ2) is 5.28. The fourth-order valence-electron chi connectivity index (χ4n) is 1.94. The molecule has 2 rings (SSSR count). The highest BCUT2D eigenvalue weighted by atomic mass is 35.5. The maximum atomic E-state index is 12.5. The lowest BCUT2D eigenvalue weighted by Gasteiger charge is -2.08. The van der Waals surface area contributed by atoms with Crippen LogP contribution in [-0.2, 0) is 7.05 Å². The predicted octanol–water partition coefficient (Wildman–Crippen LogP) is 3.52. The molecule has 1 heterocycles. The molecule has 0 fully saturated rings. The van der Waals surface area contributed by atoms with Gasteiger partial charge in [0, 0.05) is 23.3 Å². The first-order valence-corrected chi connectivity index (χ1v) is 6.83. The molecule has 0 bridgehead atoms. The zero-order valence-corrected chi connectivity index (χ0v) is 13.2. The van der Waals surface area contributed by atoms with Crippen LogP contribution >= 0.6 is 34.8 Å². The summed E-state index contributed by atoms with van der Waals surface area (Å²) < 4.78 is 1.23. The van der Waals surface area contributed by atoms with E-state index in [1.54, 1.807) is 13.8 Å². The second-order valence-electron chi connectivity index (χ2n) is 4.46. The van der Waals surface area contributed by atoms with E-state index < -0.39 is 11.3 Å². The minimum atomic E-state index is -0.502. The molecular formula is C13H11Cl3N2O2. The van der Waals surface area contributed by atoms with Gasteiger partial charge in [-0.05, 0) is 25.5 Å². The van der Waals surface area contributed by atoms with Crippen LogP contribution in [0.1, 0.15) is 27.2 Å².